The van der Waals surface area contributed by atoms with Crippen molar-refractivity contribution in [3.8, 4) is 0 Å². The molecule has 0 saturated carbocycles. The summed E-state index contributed by atoms with van der Waals surface area (Å²) >= 11 is 0. The van der Waals surface area contributed by atoms with Crippen molar-refractivity contribution in [2.45, 2.75) is 44.9 Å². The van der Waals surface area contributed by atoms with Crippen molar-refractivity contribution in [2.24, 2.45) is 0 Å². The number of rotatable bonds is 8. The first kappa shape index (κ1) is 17.8. The Morgan fingerprint density at radius 2 is 1.73 bits per heavy atom. The molecule has 122 valence electrons. The maximum atomic E-state index is 13.0. The third kappa shape index (κ3) is 5.63. The summed E-state index contributed by atoms with van der Waals surface area (Å²) < 4.78 is 18.1. The number of carbonyl (C=O) groups excluding carboxylic acids is 2. The zero-order valence-corrected chi connectivity index (χ0v) is 12.4. The molecule has 0 spiro atoms. The Morgan fingerprint density at radius 3 is 2.36 bits per heavy atom. The van der Waals surface area contributed by atoms with Gasteiger partial charge in [0, 0.05) is 12.8 Å². The fourth-order valence-corrected chi connectivity index (χ4v) is 1.93. The molecule has 7 nitrogen and oxygen atoms in total. The van der Waals surface area contributed by atoms with Gasteiger partial charge in [0.15, 0.2) is 0 Å². The van der Waals surface area contributed by atoms with E-state index in [-0.39, 0.29) is 12.4 Å². The number of hydrogen-bond donors (Lipinski definition) is 1. The van der Waals surface area contributed by atoms with E-state index in [2.05, 4.69) is 4.74 Å². The molecule has 1 rings (SSSR count). The number of ether oxygens (including phenoxy) is 1. The zero-order valence-electron chi connectivity index (χ0n) is 12.4. The monoisotopic (exact) mass is 314 g/mol. The summed E-state index contributed by atoms with van der Waals surface area (Å²) in [5.74, 6) is -1.97. The minimum Gasteiger partial charge on any atom is -0.469 e. The predicted molar refractivity (Wildman–Crippen MR) is 76.2 cm³/mol. The van der Waals surface area contributed by atoms with Gasteiger partial charge in [-0.05, 0) is 12.8 Å². The number of aromatic nitrogens is 2. The van der Waals surface area contributed by atoms with Gasteiger partial charge in [-0.2, -0.15) is 4.39 Å². The molecule has 1 aromatic heterocycles. The van der Waals surface area contributed by atoms with Gasteiger partial charge in [-0.15, -0.1) is 0 Å². The molecule has 1 N–H and O–H groups in total. The van der Waals surface area contributed by atoms with Gasteiger partial charge in [0.25, 0.3) is 5.56 Å². The molecule has 0 aliphatic heterocycles. The third-order valence-electron chi connectivity index (χ3n) is 3.17. The smallest absolute Gasteiger partial charge is 0.335 e. The number of unbranched alkanes of at least 4 members (excludes halogenated alkanes) is 4. The van der Waals surface area contributed by atoms with Crippen molar-refractivity contribution in [1.82, 2.24) is 9.55 Å². The zero-order chi connectivity index (χ0) is 16.5. The van der Waals surface area contributed by atoms with Crippen LogP contribution in [-0.4, -0.2) is 28.5 Å². The first-order chi connectivity index (χ1) is 10.5. The molecule has 1 heterocycles. The van der Waals surface area contributed by atoms with E-state index in [1.807, 2.05) is 0 Å². The van der Waals surface area contributed by atoms with Crippen LogP contribution >= 0.6 is 0 Å². The Kier molecular flexibility index (Phi) is 7.21. The van der Waals surface area contributed by atoms with Gasteiger partial charge >= 0.3 is 11.7 Å². The van der Waals surface area contributed by atoms with Crippen LogP contribution in [0.5, 0.6) is 0 Å². The van der Waals surface area contributed by atoms with Crippen molar-refractivity contribution in [2.75, 3.05) is 7.11 Å². The Hall–Kier alpha value is -2.25. The molecule has 0 atom stereocenters. The second kappa shape index (κ2) is 8.91. The molecule has 0 unspecified atom stereocenters. The highest BCUT2D eigenvalue weighted by atomic mass is 19.1. The van der Waals surface area contributed by atoms with Gasteiger partial charge in [0.05, 0.1) is 13.3 Å². The number of carbonyl (C=O) groups is 2. The van der Waals surface area contributed by atoms with E-state index in [1.54, 1.807) is 4.98 Å². The first-order valence-electron chi connectivity index (χ1n) is 7.07. The molecular formula is C14H19FN2O5. The van der Waals surface area contributed by atoms with Crippen molar-refractivity contribution in [1.29, 1.82) is 0 Å². The van der Waals surface area contributed by atoms with Gasteiger partial charge < -0.3 is 4.74 Å². The lowest BCUT2D eigenvalue weighted by molar-refractivity contribution is -0.140. The van der Waals surface area contributed by atoms with E-state index < -0.39 is 23.0 Å². The van der Waals surface area contributed by atoms with Crippen molar-refractivity contribution < 1.29 is 18.7 Å². The minimum absolute atomic E-state index is 0.0857. The molecule has 0 bridgehead atoms. The summed E-state index contributed by atoms with van der Waals surface area (Å²) in [5.41, 5.74) is -2.07. The maximum absolute atomic E-state index is 13.0. The van der Waals surface area contributed by atoms with Gasteiger partial charge in [0.1, 0.15) is 0 Å². The normalized spacial score (nSPS) is 10.5. The summed E-state index contributed by atoms with van der Waals surface area (Å²) in [7, 11) is 1.34. The fraction of sp³-hybridized carbons (Fsp3) is 0.571. The lowest BCUT2D eigenvalue weighted by atomic mass is 10.1. The molecule has 0 saturated heterocycles. The molecule has 0 aliphatic rings. The van der Waals surface area contributed by atoms with Gasteiger partial charge in [-0.25, -0.2) is 9.36 Å². The van der Waals surface area contributed by atoms with Gasteiger partial charge in [-0.3, -0.25) is 19.4 Å². The molecule has 8 heteroatoms. The highest BCUT2D eigenvalue weighted by molar-refractivity contribution is 5.78. The standard InChI is InChI=1S/C14H19FN2O5/c1-22-12(19)8-6-4-2-3-5-7-11(18)17-9-10(15)13(20)16-14(17)21/h9H,2-8H2,1H3,(H,16,20,21). The van der Waals surface area contributed by atoms with Gasteiger partial charge in [0.2, 0.25) is 11.7 Å². The number of nitrogens with zero attached hydrogens (tertiary/aromatic N) is 1. The molecule has 0 aromatic carbocycles. The largest absolute Gasteiger partial charge is 0.469 e. The topological polar surface area (TPSA) is 98.2 Å². The Bertz CT molecular complexity index is 635. The summed E-state index contributed by atoms with van der Waals surface area (Å²) in [6, 6.07) is 0. The van der Waals surface area contributed by atoms with E-state index in [0.29, 0.717) is 23.6 Å². The van der Waals surface area contributed by atoms with Crippen LogP contribution in [-0.2, 0) is 9.53 Å². The highest BCUT2D eigenvalue weighted by Gasteiger charge is 2.10. The second-order valence-corrected chi connectivity index (χ2v) is 4.84. The van der Waals surface area contributed by atoms with E-state index in [4.69, 9.17) is 0 Å². The van der Waals surface area contributed by atoms with Crippen LogP contribution in [0.25, 0.3) is 0 Å². The van der Waals surface area contributed by atoms with Crippen LogP contribution in [0.1, 0.15) is 49.7 Å². The van der Waals surface area contributed by atoms with Crippen LogP contribution < -0.4 is 11.2 Å². The molecule has 1 aromatic rings. The van der Waals surface area contributed by atoms with Crippen molar-refractivity contribution in [3.05, 3.63) is 32.9 Å². The average Bonchev–Trinajstić information content (AvgIpc) is 2.49. The number of nitrogens with one attached hydrogen (secondary N) is 1. The van der Waals surface area contributed by atoms with Crippen LogP contribution in [0.15, 0.2) is 15.8 Å². The average molecular weight is 314 g/mol. The lowest BCUT2D eigenvalue weighted by Gasteiger charge is -2.04. The maximum Gasteiger partial charge on any atom is 0.335 e. The molecule has 0 radical (unpaired) electrons. The number of hydrogen-bond acceptors (Lipinski definition) is 5. The number of aromatic amines is 1. The molecule has 0 amide bonds. The minimum atomic E-state index is -1.17. The van der Waals surface area contributed by atoms with Crippen LogP contribution in [0, 0.1) is 5.82 Å². The number of H-pyrrole nitrogens is 1. The molecular weight excluding hydrogens is 295 g/mol. The van der Waals surface area contributed by atoms with E-state index in [9.17, 15) is 23.6 Å². The van der Waals surface area contributed by atoms with Crippen molar-refractivity contribution >= 4 is 11.9 Å². The third-order valence-corrected chi connectivity index (χ3v) is 3.17. The van der Waals surface area contributed by atoms with Gasteiger partial charge in [-0.1, -0.05) is 19.3 Å². The second-order valence-electron chi connectivity index (χ2n) is 4.84. The number of esters is 1. The quantitative estimate of drug-likeness (QED) is 0.574. The highest BCUT2D eigenvalue weighted by Crippen LogP contribution is 2.08. The first-order valence-corrected chi connectivity index (χ1v) is 7.07. The van der Waals surface area contributed by atoms with Crippen LogP contribution in [0.3, 0.4) is 0 Å². The summed E-state index contributed by atoms with van der Waals surface area (Å²) in [4.78, 5) is 46.6. The van der Waals surface area contributed by atoms with Crippen LogP contribution in [0.2, 0.25) is 0 Å². The fourth-order valence-electron chi connectivity index (χ4n) is 1.93. The lowest BCUT2D eigenvalue weighted by Crippen LogP contribution is -2.34. The number of methoxy groups -OCH3 is 1. The Morgan fingerprint density at radius 1 is 1.14 bits per heavy atom. The van der Waals surface area contributed by atoms with Crippen LogP contribution in [0.4, 0.5) is 4.39 Å². The summed E-state index contributed by atoms with van der Waals surface area (Å²) in [5, 5.41) is 0. The van der Waals surface area contributed by atoms with E-state index in [0.717, 1.165) is 25.7 Å². The summed E-state index contributed by atoms with van der Waals surface area (Å²) in [6.45, 7) is 0. The van der Waals surface area contributed by atoms with E-state index >= 15 is 0 Å². The summed E-state index contributed by atoms with van der Waals surface area (Å²) in [6.07, 6.45) is 4.79. The Balaban J connectivity index is 2.30. The van der Waals surface area contributed by atoms with E-state index in [1.165, 1.54) is 7.11 Å². The molecule has 0 fully saturated rings. The van der Waals surface area contributed by atoms with Crippen molar-refractivity contribution in [3.63, 3.8) is 0 Å². The number of halogens is 1. The molecule has 0 aliphatic carbocycles. The molecule has 22 heavy (non-hydrogen) atoms. The predicted octanol–water partition coefficient (Wildman–Crippen LogP) is 1.22. The SMILES string of the molecule is COC(=O)CCCCCCCC(=O)n1cc(F)c(=O)[nH]c1=O. The Labute approximate surface area is 126 Å².